The number of hydrogen-bond donors (Lipinski definition) is 2. The van der Waals surface area contributed by atoms with Crippen LogP contribution in [0.25, 0.3) is 5.53 Å². The summed E-state index contributed by atoms with van der Waals surface area (Å²) in [6, 6.07) is 0.0239. The van der Waals surface area contributed by atoms with Gasteiger partial charge in [-0.2, -0.15) is 9.18 Å². The molecule has 0 saturated heterocycles. The number of hydrogen-bond acceptors (Lipinski definition) is 3. The average molecular weight is 316 g/mol. The van der Waals surface area contributed by atoms with Crippen molar-refractivity contribution in [3.63, 3.8) is 0 Å². The van der Waals surface area contributed by atoms with E-state index in [-0.39, 0.29) is 6.07 Å². The number of allylic oxidation sites excluding steroid dienone is 4. The lowest BCUT2D eigenvalue weighted by atomic mass is 10.2. The lowest BCUT2D eigenvalue weighted by Gasteiger charge is -2.07. The maximum atomic E-state index is 12.7. The first-order chi connectivity index (χ1) is 10.4. The molecule has 0 radical (unpaired) electrons. The Bertz CT molecular complexity index is 658. The molecule has 0 aromatic heterocycles. The Labute approximate surface area is 122 Å². The lowest BCUT2D eigenvalue weighted by molar-refractivity contribution is -0.00537. The maximum Gasteiger partial charge on any atom is 0.707 e. The second-order valence-corrected chi connectivity index (χ2v) is 3.82. The van der Waals surface area contributed by atoms with Crippen LogP contribution in [0, 0.1) is 23.3 Å². The summed E-state index contributed by atoms with van der Waals surface area (Å²) < 4.78 is 53.9. The van der Waals surface area contributed by atoms with E-state index in [9.17, 15) is 17.6 Å². The summed E-state index contributed by atoms with van der Waals surface area (Å²) in [5.41, 5.74) is 8.91. The van der Waals surface area contributed by atoms with Crippen molar-refractivity contribution in [3.8, 4) is 5.75 Å². The maximum absolute atomic E-state index is 12.7. The second kappa shape index (κ2) is 8.13. The number of nitrogens with zero attached hydrogens (tertiary/aromatic N) is 2. The molecule has 0 unspecified atom stereocenters. The smallest absolute Gasteiger partial charge is 0.507 e. The first-order valence-electron chi connectivity index (χ1n) is 5.76. The van der Waals surface area contributed by atoms with Crippen molar-refractivity contribution in [2.45, 2.75) is 6.42 Å². The minimum Gasteiger partial charge on any atom is -0.507 e. The van der Waals surface area contributed by atoms with Gasteiger partial charge < -0.3 is 20.2 Å². The van der Waals surface area contributed by atoms with Crippen LogP contribution in [0.3, 0.4) is 0 Å². The summed E-state index contributed by atoms with van der Waals surface area (Å²) in [5.74, 6) is -8.62. The highest BCUT2D eigenvalue weighted by Gasteiger charge is 2.24. The molecule has 0 atom stereocenters. The zero-order valence-electron chi connectivity index (χ0n) is 10.9. The van der Waals surface area contributed by atoms with Crippen LogP contribution in [0.15, 0.2) is 30.4 Å². The van der Waals surface area contributed by atoms with E-state index < -0.39 is 36.3 Å². The van der Waals surface area contributed by atoms with Gasteiger partial charge in [0.15, 0.2) is 23.2 Å². The van der Waals surface area contributed by atoms with Gasteiger partial charge in [-0.1, -0.05) is 18.2 Å². The van der Waals surface area contributed by atoms with Gasteiger partial charge in [0.1, 0.15) is 0 Å². The molecule has 0 aliphatic heterocycles. The van der Waals surface area contributed by atoms with Crippen molar-refractivity contribution in [3.05, 3.63) is 59.2 Å². The number of benzene rings is 1. The van der Waals surface area contributed by atoms with Crippen LogP contribution in [-0.4, -0.2) is 27.9 Å². The minimum absolute atomic E-state index is 0.0239. The van der Waals surface area contributed by atoms with Crippen LogP contribution in [0.4, 0.5) is 17.6 Å². The molecule has 116 valence electrons. The quantitative estimate of drug-likeness (QED) is 0.218. The SMILES string of the molecule is OB(O)Oc1c(F)cc(F)c(F)c1F.[N-]=[N+]=C1C=CC=CC1. The molecule has 2 rings (SSSR count). The fourth-order valence-electron chi connectivity index (χ4n) is 1.34. The van der Waals surface area contributed by atoms with E-state index in [0.29, 0.717) is 5.71 Å². The molecule has 1 aliphatic rings. The summed E-state index contributed by atoms with van der Waals surface area (Å²) in [6.45, 7) is 0. The van der Waals surface area contributed by atoms with Crippen LogP contribution >= 0.6 is 0 Å². The average Bonchev–Trinajstić information content (AvgIpc) is 2.51. The molecule has 0 amide bonds. The van der Waals surface area contributed by atoms with Gasteiger partial charge in [-0.3, -0.25) is 0 Å². The van der Waals surface area contributed by atoms with Gasteiger partial charge in [0.2, 0.25) is 5.82 Å². The van der Waals surface area contributed by atoms with Crippen molar-refractivity contribution in [2.24, 2.45) is 0 Å². The first-order valence-corrected chi connectivity index (χ1v) is 5.76. The van der Waals surface area contributed by atoms with Gasteiger partial charge in [0.05, 0.1) is 6.42 Å². The summed E-state index contributed by atoms with van der Waals surface area (Å²) in [4.78, 5) is 3.03. The van der Waals surface area contributed by atoms with E-state index in [1.54, 1.807) is 6.08 Å². The van der Waals surface area contributed by atoms with Gasteiger partial charge in [0.25, 0.3) is 5.71 Å². The Morgan fingerprint density at radius 2 is 1.77 bits per heavy atom. The topological polar surface area (TPSA) is 86.1 Å². The molecule has 0 spiro atoms. The summed E-state index contributed by atoms with van der Waals surface area (Å²) in [7, 11) is -2.52. The van der Waals surface area contributed by atoms with Crippen molar-refractivity contribution in [1.82, 2.24) is 0 Å². The van der Waals surface area contributed by atoms with E-state index in [1.165, 1.54) is 0 Å². The highest BCUT2D eigenvalue weighted by atomic mass is 19.2. The Balaban J connectivity index is 0.000000255. The molecular weight excluding hydrogens is 307 g/mol. The molecule has 1 aromatic carbocycles. The predicted molar refractivity (Wildman–Crippen MR) is 68.6 cm³/mol. The van der Waals surface area contributed by atoms with Crippen LogP contribution in [-0.2, 0) is 0 Å². The van der Waals surface area contributed by atoms with Crippen molar-refractivity contribution in [2.75, 3.05) is 0 Å². The lowest BCUT2D eigenvalue weighted by Crippen LogP contribution is -2.22. The van der Waals surface area contributed by atoms with E-state index in [4.69, 9.17) is 15.6 Å². The molecule has 2 N–H and O–H groups in total. The molecule has 0 heterocycles. The van der Waals surface area contributed by atoms with Gasteiger partial charge in [-0.05, 0) is 0 Å². The third-order valence-electron chi connectivity index (χ3n) is 2.29. The zero-order valence-corrected chi connectivity index (χ0v) is 10.9. The number of rotatable bonds is 2. The Morgan fingerprint density at radius 3 is 2.23 bits per heavy atom. The third-order valence-corrected chi connectivity index (χ3v) is 2.29. The van der Waals surface area contributed by atoms with Crippen molar-refractivity contribution >= 4 is 13.0 Å². The second-order valence-electron chi connectivity index (χ2n) is 3.82. The van der Waals surface area contributed by atoms with E-state index >= 15 is 0 Å². The molecule has 22 heavy (non-hydrogen) atoms. The summed E-state index contributed by atoms with van der Waals surface area (Å²) in [6.07, 6.45) is 8.23. The molecule has 1 aliphatic carbocycles. The summed E-state index contributed by atoms with van der Waals surface area (Å²) in [5, 5.41) is 16.4. The zero-order chi connectivity index (χ0) is 16.7. The molecule has 0 saturated carbocycles. The molecule has 5 nitrogen and oxygen atoms in total. The molecule has 0 fully saturated rings. The Morgan fingerprint density at radius 1 is 1.09 bits per heavy atom. The van der Waals surface area contributed by atoms with Gasteiger partial charge in [-0.25, -0.2) is 13.2 Å². The van der Waals surface area contributed by atoms with Crippen LogP contribution < -0.4 is 4.65 Å². The van der Waals surface area contributed by atoms with Crippen molar-refractivity contribution in [1.29, 1.82) is 0 Å². The first kappa shape index (κ1) is 17.6. The fourth-order valence-corrected chi connectivity index (χ4v) is 1.34. The van der Waals surface area contributed by atoms with Gasteiger partial charge in [-0.15, -0.1) is 0 Å². The van der Waals surface area contributed by atoms with E-state index in [2.05, 4.69) is 9.44 Å². The van der Waals surface area contributed by atoms with Gasteiger partial charge >= 0.3 is 7.32 Å². The van der Waals surface area contributed by atoms with Crippen molar-refractivity contribution < 1.29 is 37.1 Å². The fraction of sp³-hybridized carbons (Fsp3) is 0.0833. The normalized spacial score (nSPS) is 12.4. The highest BCUT2D eigenvalue weighted by Crippen LogP contribution is 2.25. The Kier molecular flexibility index (Phi) is 6.52. The van der Waals surface area contributed by atoms with Crippen LogP contribution in [0.2, 0.25) is 0 Å². The third kappa shape index (κ3) is 4.85. The van der Waals surface area contributed by atoms with E-state index in [1.807, 2.05) is 18.2 Å². The standard InChI is InChI=1S/C6H3BF4O3.C6H6N2/c8-2-1-3(9)6(14-7(12)13)5(11)4(2)10;7-8-6-4-2-1-3-5-6/h1,12-13H;1-4H,5H2. The summed E-state index contributed by atoms with van der Waals surface area (Å²) >= 11 is 0. The highest BCUT2D eigenvalue weighted by molar-refractivity contribution is 6.33. The molecular formula is C12H9BF4N2O3. The van der Waals surface area contributed by atoms with Crippen LogP contribution in [0.1, 0.15) is 6.42 Å². The van der Waals surface area contributed by atoms with Gasteiger partial charge in [0, 0.05) is 12.1 Å². The predicted octanol–water partition coefficient (Wildman–Crippen LogP) is 1.76. The Hall–Kier alpha value is -2.42. The molecule has 1 aromatic rings. The van der Waals surface area contributed by atoms with E-state index in [0.717, 1.165) is 6.42 Å². The molecule has 10 heteroatoms. The van der Waals surface area contributed by atoms with Crippen LogP contribution in [0.5, 0.6) is 5.75 Å². The monoisotopic (exact) mass is 316 g/mol. The molecule has 0 bridgehead atoms. The largest absolute Gasteiger partial charge is 0.707 e. The number of halogens is 4. The minimum atomic E-state index is -2.52.